The minimum Gasteiger partial charge on any atom is -0.394 e. The fraction of sp³-hybridized carbons (Fsp3) is 0.214. The molecule has 0 aliphatic heterocycles. The fourth-order valence-corrected chi connectivity index (χ4v) is 2.13. The average Bonchev–Trinajstić information content (AvgIpc) is 2.90. The molecule has 2 N–H and O–H groups in total. The Morgan fingerprint density at radius 3 is 2.76 bits per heavy atom. The Morgan fingerprint density at radius 1 is 1.19 bits per heavy atom. The molecular weight excluding hydrogens is 290 g/mol. The summed E-state index contributed by atoms with van der Waals surface area (Å²) in [5.41, 5.74) is 3.19. The van der Waals surface area contributed by atoms with E-state index in [4.69, 9.17) is 16.7 Å². The lowest BCUT2D eigenvalue weighted by molar-refractivity contribution is 0.271. The summed E-state index contributed by atoms with van der Waals surface area (Å²) in [7, 11) is 0. The van der Waals surface area contributed by atoms with E-state index < -0.39 is 0 Å². The van der Waals surface area contributed by atoms with Crippen molar-refractivity contribution in [3.05, 3.63) is 47.4 Å². The number of rotatable bonds is 5. The standard InChI is InChI=1S/C14H14ClN5O/c15-10-1-3-11(4-2-10)16-7-12-8-17-14-13(19-12)9-18-20(14)5-6-21/h1-4,8-9,16,21H,5-7H2. The topological polar surface area (TPSA) is 75.9 Å². The van der Waals surface area contributed by atoms with Gasteiger partial charge in [-0.05, 0) is 24.3 Å². The normalized spacial score (nSPS) is 11.0. The van der Waals surface area contributed by atoms with Gasteiger partial charge in [-0.25, -0.2) is 14.6 Å². The van der Waals surface area contributed by atoms with Crippen LogP contribution >= 0.6 is 11.6 Å². The van der Waals surface area contributed by atoms with Gasteiger partial charge in [0, 0.05) is 10.7 Å². The molecular formula is C14H14ClN5O. The number of aromatic nitrogens is 4. The molecule has 0 saturated carbocycles. The Bertz CT molecular complexity index is 741. The van der Waals surface area contributed by atoms with E-state index in [0.717, 1.165) is 16.9 Å². The van der Waals surface area contributed by atoms with Crippen LogP contribution in [0.1, 0.15) is 5.69 Å². The third kappa shape index (κ3) is 3.12. The molecule has 2 heterocycles. The summed E-state index contributed by atoms with van der Waals surface area (Å²) in [6, 6.07) is 7.48. The maximum Gasteiger partial charge on any atom is 0.176 e. The number of aliphatic hydroxyl groups excluding tert-OH is 1. The van der Waals surface area contributed by atoms with E-state index in [0.29, 0.717) is 23.8 Å². The number of hydrogen-bond donors (Lipinski definition) is 2. The highest BCUT2D eigenvalue weighted by Gasteiger charge is 2.06. The zero-order chi connectivity index (χ0) is 14.7. The molecule has 3 aromatic rings. The molecule has 3 rings (SSSR count). The fourth-order valence-electron chi connectivity index (χ4n) is 2.00. The summed E-state index contributed by atoms with van der Waals surface area (Å²) < 4.78 is 1.64. The monoisotopic (exact) mass is 303 g/mol. The number of benzene rings is 1. The smallest absolute Gasteiger partial charge is 0.176 e. The van der Waals surface area contributed by atoms with E-state index in [-0.39, 0.29) is 6.61 Å². The summed E-state index contributed by atoms with van der Waals surface area (Å²) in [5, 5.41) is 17.1. The molecule has 108 valence electrons. The first kappa shape index (κ1) is 13.8. The van der Waals surface area contributed by atoms with Crippen molar-refractivity contribution in [1.29, 1.82) is 0 Å². The molecule has 0 aliphatic carbocycles. The second-order valence-corrected chi connectivity index (χ2v) is 4.96. The first-order chi connectivity index (χ1) is 10.3. The highest BCUT2D eigenvalue weighted by Crippen LogP contribution is 2.14. The van der Waals surface area contributed by atoms with Crippen molar-refractivity contribution in [1.82, 2.24) is 19.7 Å². The van der Waals surface area contributed by atoms with Crippen LogP contribution in [0.2, 0.25) is 5.02 Å². The van der Waals surface area contributed by atoms with Crippen molar-refractivity contribution in [2.24, 2.45) is 0 Å². The van der Waals surface area contributed by atoms with Gasteiger partial charge in [-0.15, -0.1) is 0 Å². The molecule has 0 saturated heterocycles. The second kappa shape index (κ2) is 6.07. The molecule has 0 fully saturated rings. The van der Waals surface area contributed by atoms with E-state index in [2.05, 4.69) is 20.4 Å². The van der Waals surface area contributed by atoms with Crippen LogP contribution in [0.25, 0.3) is 11.2 Å². The highest BCUT2D eigenvalue weighted by atomic mass is 35.5. The Balaban J connectivity index is 1.74. The summed E-state index contributed by atoms with van der Waals surface area (Å²) in [5.74, 6) is 0. The largest absolute Gasteiger partial charge is 0.394 e. The van der Waals surface area contributed by atoms with Gasteiger partial charge in [0.15, 0.2) is 5.65 Å². The SMILES string of the molecule is OCCn1ncc2nc(CNc3ccc(Cl)cc3)cnc21. The van der Waals surface area contributed by atoms with Crippen LogP contribution in [0.15, 0.2) is 36.7 Å². The number of nitrogens with zero attached hydrogens (tertiary/aromatic N) is 4. The van der Waals surface area contributed by atoms with Crippen LogP contribution in [-0.2, 0) is 13.1 Å². The van der Waals surface area contributed by atoms with Crippen LogP contribution in [0, 0.1) is 0 Å². The molecule has 7 heteroatoms. The Hall–Kier alpha value is -2.18. The number of fused-ring (bicyclic) bond motifs is 1. The molecule has 0 amide bonds. The molecule has 0 spiro atoms. The van der Waals surface area contributed by atoms with Gasteiger partial charge in [0.25, 0.3) is 0 Å². The summed E-state index contributed by atoms with van der Waals surface area (Å²) in [4.78, 5) is 8.85. The zero-order valence-electron chi connectivity index (χ0n) is 11.2. The molecule has 6 nitrogen and oxygen atoms in total. The van der Waals surface area contributed by atoms with Gasteiger partial charge in [-0.2, -0.15) is 5.10 Å². The van der Waals surface area contributed by atoms with Crippen LogP contribution in [0.4, 0.5) is 5.69 Å². The van der Waals surface area contributed by atoms with Crippen molar-refractivity contribution >= 4 is 28.5 Å². The van der Waals surface area contributed by atoms with Crippen molar-refractivity contribution in [3.63, 3.8) is 0 Å². The summed E-state index contributed by atoms with van der Waals surface area (Å²) in [6.45, 7) is 1.01. The molecule has 0 radical (unpaired) electrons. The van der Waals surface area contributed by atoms with Gasteiger partial charge < -0.3 is 10.4 Å². The Labute approximate surface area is 126 Å². The molecule has 2 aromatic heterocycles. The number of nitrogens with one attached hydrogen (secondary N) is 1. The predicted molar refractivity (Wildman–Crippen MR) is 81.2 cm³/mol. The lowest BCUT2D eigenvalue weighted by atomic mass is 10.3. The zero-order valence-corrected chi connectivity index (χ0v) is 12.0. The average molecular weight is 304 g/mol. The minimum atomic E-state index is 0.0261. The van der Waals surface area contributed by atoms with Gasteiger partial charge in [0.2, 0.25) is 0 Å². The number of hydrogen-bond acceptors (Lipinski definition) is 5. The van der Waals surface area contributed by atoms with Gasteiger partial charge >= 0.3 is 0 Å². The molecule has 0 aliphatic rings. The van der Waals surface area contributed by atoms with Crippen molar-refractivity contribution in [3.8, 4) is 0 Å². The highest BCUT2D eigenvalue weighted by molar-refractivity contribution is 6.30. The lowest BCUT2D eigenvalue weighted by Gasteiger charge is -2.06. The van der Waals surface area contributed by atoms with Gasteiger partial charge in [0.1, 0.15) is 5.52 Å². The summed E-state index contributed by atoms with van der Waals surface area (Å²) in [6.07, 6.45) is 3.37. The Morgan fingerprint density at radius 2 is 2.00 bits per heavy atom. The third-order valence-electron chi connectivity index (χ3n) is 3.02. The second-order valence-electron chi connectivity index (χ2n) is 4.52. The van der Waals surface area contributed by atoms with Crippen molar-refractivity contribution < 1.29 is 5.11 Å². The summed E-state index contributed by atoms with van der Waals surface area (Å²) >= 11 is 5.84. The van der Waals surface area contributed by atoms with Crippen LogP contribution < -0.4 is 5.32 Å². The van der Waals surface area contributed by atoms with E-state index in [9.17, 15) is 0 Å². The molecule has 0 bridgehead atoms. The van der Waals surface area contributed by atoms with Crippen LogP contribution in [-0.4, -0.2) is 31.5 Å². The molecule has 0 atom stereocenters. The molecule has 1 aromatic carbocycles. The number of aliphatic hydroxyl groups is 1. The first-order valence-electron chi connectivity index (χ1n) is 6.54. The number of halogens is 1. The van der Waals surface area contributed by atoms with Gasteiger partial charge in [-0.1, -0.05) is 11.6 Å². The van der Waals surface area contributed by atoms with E-state index in [1.165, 1.54) is 0 Å². The quantitative estimate of drug-likeness (QED) is 0.755. The maximum atomic E-state index is 8.95. The van der Waals surface area contributed by atoms with E-state index >= 15 is 0 Å². The lowest BCUT2D eigenvalue weighted by Crippen LogP contribution is -2.06. The minimum absolute atomic E-state index is 0.0261. The third-order valence-corrected chi connectivity index (χ3v) is 3.27. The predicted octanol–water partition coefficient (Wildman–Crippen LogP) is 2.08. The van der Waals surface area contributed by atoms with Crippen molar-refractivity contribution in [2.75, 3.05) is 11.9 Å². The Kier molecular flexibility index (Phi) is 3.98. The van der Waals surface area contributed by atoms with Crippen LogP contribution in [0.5, 0.6) is 0 Å². The maximum absolute atomic E-state index is 8.95. The van der Waals surface area contributed by atoms with Crippen molar-refractivity contribution in [2.45, 2.75) is 13.1 Å². The first-order valence-corrected chi connectivity index (χ1v) is 6.92. The molecule has 0 unspecified atom stereocenters. The number of anilines is 1. The van der Waals surface area contributed by atoms with Crippen LogP contribution in [0.3, 0.4) is 0 Å². The van der Waals surface area contributed by atoms with E-state index in [1.54, 1.807) is 17.1 Å². The molecule has 21 heavy (non-hydrogen) atoms. The van der Waals surface area contributed by atoms with Gasteiger partial charge in [-0.3, -0.25) is 0 Å². The van der Waals surface area contributed by atoms with Gasteiger partial charge in [0.05, 0.1) is 37.8 Å². The van der Waals surface area contributed by atoms with E-state index in [1.807, 2.05) is 24.3 Å².